The molecule has 1 aromatic rings. The lowest BCUT2D eigenvalue weighted by Gasteiger charge is -2.32. The molecule has 158 valence electrons. The molecule has 2 rings (SSSR count). The van der Waals surface area contributed by atoms with E-state index in [1.165, 1.54) is 5.56 Å². The Balaban J connectivity index is 0.00000392. The smallest absolute Gasteiger partial charge is 0.314 e. The van der Waals surface area contributed by atoms with E-state index in [1.54, 1.807) is 12.0 Å². The maximum Gasteiger partial charge on any atom is 0.314 e. The number of methoxy groups -OCH3 is 1. The highest BCUT2D eigenvalue weighted by atomic mass is 127. The van der Waals surface area contributed by atoms with Gasteiger partial charge in [0.2, 0.25) is 0 Å². The summed E-state index contributed by atoms with van der Waals surface area (Å²) in [6, 6.07) is 8.09. The van der Waals surface area contributed by atoms with Crippen LogP contribution < -0.4 is 21.1 Å². The van der Waals surface area contributed by atoms with Crippen LogP contribution in [0.2, 0.25) is 0 Å². The highest BCUT2D eigenvalue weighted by molar-refractivity contribution is 14.0. The number of hydrogen-bond donors (Lipinski definition) is 3. The molecular formula is C20H34IN5O2. The molecule has 8 heteroatoms. The Labute approximate surface area is 185 Å². The summed E-state index contributed by atoms with van der Waals surface area (Å²) in [6.45, 7) is 9.23. The van der Waals surface area contributed by atoms with E-state index >= 15 is 0 Å². The molecular weight excluding hydrogens is 469 g/mol. The molecule has 28 heavy (non-hydrogen) atoms. The summed E-state index contributed by atoms with van der Waals surface area (Å²) in [5.74, 6) is 1.67. The van der Waals surface area contributed by atoms with Crippen molar-refractivity contribution in [1.82, 2.24) is 15.5 Å². The maximum atomic E-state index is 11.3. The van der Waals surface area contributed by atoms with Gasteiger partial charge in [-0.25, -0.2) is 4.79 Å². The number of rotatable bonds is 6. The van der Waals surface area contributed by atoms with Gasteiger partial charge in [-0.1, -0.05) is 26.0 Å². The van der Waals surface area contributed by atoms with Crippen LogP contribution in [0.3, 0.4) is 0 Å². The van der Waals surface area contributed by atoms with Gasteiger partial charge in [0.15, 0.2) is 5.96 Å². The first-order valence-electron chi connectivity index (χ1n) is 9.59. The molecule has 1 fully saturated rings. The molecule has 0 bridgehead atoms. The zero-order valence-electron chi connectivity index (χ0n) is 17.3. The predicted molar refractivity (Wildman–Crippen MR) is 125 cm³/mol. The molecule has 0 unspecified atom stereocenters. The zero-order valence-corrected chi connectivity index (χ0v) is 19.7. The van der Waals surface area contributed by atoms with E-state index in [0.29, 0.717) is 25.7 Å². The number of urea groups is 1. The molecule has 0 radical (unpaired) electrons. The number of nitrogens with one attached hydrogen (secondary N) is 2. The third kappa shape index (κ3) is 7.03. The summed E-state index contributed by atoms with van der Waals surface area (Å²) in [5, 5.41) is 6.82. The van der Waals surface area contributed by atoms with Crippen LogP contribution in [0.4, 0.5) is 4.79 Å². The summed E-state index contributed by atoms with van der Waals surface area (Å²) in [5.41, 5.74) is 6.43. The number of carbonyl (C=O) groups is 1. The second kappa shape index (κ2) is 11.3. The van der Waals surface area contributed by atoms with Crippen LogP contribution in [0.5, 0.6) is 5.75 Å². The average molecular weight is 503 g/mol. The average Bonchev–Trinajstić information content (AvgIpc) is 2.67. The minimum absolute atomic E-state index is 0. The van der Waals surface area contributed by atoms with Crippen molar-refractivity contribution in [3.05, 3.63) is 29.8 Å². The first kappa shape index (κ1) is 24.3. The van der Waals surface area contributed by atoms with Crippen LogP contribution in [0.25, 0.3) is 0 Å². The summed E-state index contributed by atoms with van der Waals surface area (Å²) >= 11 is 0. The number of guanidine groups is 1. The molecule has 0 saturated carbocycles. The van der Waals surface area contributed by atoms with Gasteiger partial charge in [-0.2, -0.15) is 0 Å². The number of carbonyl (C=O) groups excluding carboxylic acids is 1. The van der Waals surface area contributed by atoms with Gasteiger partial charge >= 0.3 is 6.03 Å². The number of ether oxygens (including phenoxy) is 1. The lowest BCUT2D eigenvalue weighted by Crippen LogP contribution is -2.51. The minimum Gasteiger partial charge on any atom is -0.497 e. The van der Waals surface area contributed by atoms with E-state index in [4.69, 9.17) is 15.5 Å². The van der Waals surface area contributed by atoms with Gasteiger partial charge in [0.05, 0.1) is 13.7 Å². The van der Waals surface area contributed by atoms with E-state index in [2.05, 4.69) is 43.5 Å². The van der Waals surface area contributed by atoms with Crippen molar-refractivity contribution in [2.75, 3.05) is 33.3 Å². The minimum atomic E-state index is -0.339. The Kier molecular flexibility index (Phi) is 9.84. The van der Waals surface area contributed by atoms with Crippen molar-refractivity contribution in [2.24, 2.45) is 10.7 Å². The van der Waals surface area contributed by atoms with Crippen LogP contribution in [-0.2, 0) is 5.41 Å². The number of likely N-dealkylation sites (tertiary alicyclic amines) is 1. The molecule has 4 N–H and O–H groups in total. The second-order valence-electron chi connectivity index (χ2n) is 7.55. The van der Waals surface area contributed by atoms with Crippen molar-refractivity contribution in [3.8, 4) is 5.75 Å². The summed E-state index contributed by atoms with van der Waals surface area (Å²) in [7, 11) is 1.68. The van der Waals surface area contributed by atoms with Crippen molar-refractivity contribution in [2.45, 2.75) is 45.1 Å². The fraction of sp³-hybridized carbons (Fsp3) is 0.600. The first-order valence-corrected chi connectivity index (χ1v) is 9.59. The standard InChI is InChI=1S/C20H33N5O2.HI/c1-5-22-19(24-16-9-11-25(12-10-16)18(21)26)23-14-20(2,3)15-7-6-8-17(13-15)27-4;/h6-8,13,16H,5,9-12,14H2,1-4H3,(H2,21,26)(H2,22,23,24);1H. The third-order valence-corrected chi connectivity index (χ3v) is 4.98. The van der Waals surface area contributed by atoms with E-state index in [-0.39, 0.29) is 35.4 Å². The van der Waals surface area contributed by atoms with Crippen molar-refractivity contribution in [3.63, 3.8) is 0 Å². The van der Waals surface area contributed by atoms with E-state index in [0.717, 1.165) is 31.1 Å². The molecule has 2 amide bonds. The van der Waals surface area contributed by atoms with Gasteiger partial charge in [0, 0.05) is 31.1 Å². The molecule has 0 atom stereocenters. The molecule has 0 spiro atoms. The normalized spacial score (nSPS) is 15.6. The van der Waals surface area contributed by atoms with Gasteiger partial charge in [0.1, 0.15) is 5.75 Å². The molecule has 1 aliphatic rings. The summed E-state index contributed by atoms with van der Waals surface area (Å²) in [4.78, 5) is 17.8. The monoisotopic (exact) mass is 503 g/mol. The number of amides is 2. The topological polar surface area (TPSA) is 92.0 Å². The lowest BCUT2D eigenvalue weighted by molar-refractivity contribution is 0.188. The Hall–Kier alpha value is -1.71. The molecule has 1 aromatic carbocycles. The van der Waals surface area contributed by atoms with Crippen LogP contribution in [-0.4, -0.2) is 56.2 Å². The Bertz CT molecular complexity index is 658. The summed E-state index contributed by atoms with van der Waals surface area (Å²) < 4.78 is 5.34. The molecule has 7 nitrogen and oxygen atoms in total. The van der Waals surface area contributed by atoms with Gasteiger partial charge in [-0.3, -0.25) is 4.99 Å². The number of nitrogens with two attached hydrogens (primary N) is 1. The van der Waals surface area contributed by atoms with Crippen molar-refractivity contribution >= 4 is 36.0 Å². The number of halogens is 1. The van der Waals surface area contributed by atoms with E-state index in [9.17, 15) is 4.79 Å². The molecule has 1 aliphatic heterocycles. The summed E-state index contributed by atoms with van der Waals surface area (Å²) in [6.07, 6.45) is 1.74. The SMILES string of the molecule is CCNC(=NCC(C)(C)c1cccc(OC)c1)NC1CCN(C(N)=O)CC1.I. The quantitative estimate of drug-likeness (QED) is 0.316. The van der Waals surface area contributed by atoms with Crippen LogP contribution in [0.1, 0.15) is 39.2 Å². The van der Waals surface area contributed by atoms with Crippen molar-refractivity contribution in [1.29, 1.82) is 0 Å². The largest absolute Gasteiger partial charge is 0.497 e. The third-order valence-electron chi connectivity index (χ3n) is 4.98. The highest BCUT2D eigenvalue weighted by Crippen LogP contribution is 2.26. The Morgan fingerprint density at radius 1 is 1.36 bits per heavy atom. The van der Waals surface area contributed by atoms with Crippen LogP contribution >= 0.6 is 24.0 Å². The fourth-order valence-corrected chi connectivity index (χ4v) is 3.17. The second-order valence-corrected chi connectivity index (χ2v) is 7.55. The molecule has 0 aromatic heterocycles. The lowest BCUT2D eigenvalue weighted by atomic mass is 9.84. The molecule has 1 saturated heterocycles. The van der Waals surface area contributed by atoms with Crippen LogP contribution in [0, 0.1) is 0 Å². The number of benzene rings is 1. The van der Waals surface area contributed by atoms with Gasteiger partial charge in [-0.15, -0.1) is 24.0 Å². The van der Waals surface area contributed by atoms with Gasteiger partial charge in [0.25, 0.3) is 0 Å². The van der Waals surface area contributed by atoms with Gasteiger partial charge < -0.3 is 26.0 Å². The van der Waals surface area contributed by atoms with Crippen molar-refractivity contribution < 1.29 is 9.53 Å². The number of nitrogens with zero attached hydrogens (tertiary/aromatic N) is 2. The van der Waals surface area contributed by atoms with E-state index < -0.39 is 0 Å². The zero-order chi connectivity index (χ0) is 19.9. The highest BCUT2D eigenvalue weighted by Gasteiger charge is 2.23. The van der Waals surface area contributed by atoms with E-state index in [1.807, 2.05) is 12.1 Å². The number of aliphatic imine (C=N–C) groups is 1. The number of piperidine rings is 1. The number of hydrogen-bond acceptors (Lipinski definition) is 3. The molecule has 0 aliphatic carbocycles. The van der Waals surface area contributed by atoms with Gasteiger partial charge in [-0.05, 0) is 37.5 Å². The Morgan fingerprint density at radius 3 is 2.61 bits per heavy atom. The maximum absolute atomic E-state index is 11.3. The number of primary amides is 1. The predicted octanol–water partition coefficient (Wildman–Crippen LogP) is 2.69. The molecule has 1 heterocycles. The first-order chi connectivity index (χ1) is 12.9. The van der Waals surface area contributed by atoms with Crippen LogP contribution in [0.15, 0.2) is 29.3 Å². The fourth-order valence-electron chi connectivity index (χ4n) is 3.17. The Morgan fingerprint density at radius 2 is 2.04 bits per heavy atom.